The predicted molar refractivity (Wildman–Crippen MR) is 119 cm³/mol. The number of fused-ring (bicyclic) bond motifs is 1. The molecule has 2 aromatic carbocycles. The minimum atomic E-state index is -0.914. The number of hydrogen-bond donors (Lipinski definition) is 1. The second kappa shape index (κ2) is 9.61. The van der Waals surface area contributed by atoms with E-state index in [1.807, 2.05) is 48.5 Å². The third-order valence-corrected chi connectivity index (χ3v) is 7.89. The summed E-state index contributed by atoms with van der Waals surface area (Å²) in [5, 5.41) is 4.14. The summed E-state index contributed by atoms with van der Waals surface area (Å²) in [6.45, 7) is 1.39. The van der Waals surface area contributed by atoms with Gasteiger partial charge in [-0.15, -0.1) is 11.3 Å². The molecule has 3 aromatic rings. The lowest BCUT2D eigenvalue weighted by Crippen LogP contribution is -2.25. The number of carbonyl (C=O) groups is 1. The van der Waals surface area contributed by atoms with Crippen molar-refractivity contribution in [3.05, 3.63) is 59.1 Å². The zero-order valence-electron chi connectivity index (χ0n) is 16.1. The van der Waals surface area contributed by atoms with Gasteiger partial charge in [-0.3, -0.25) is 9.00 Å². The summed E-state index contributed by atoms with van der Waals surface area (Å²) < 4.78 is 19.1. The molecule has 1 aromatic heterocycles. The third kappa shape index (κ3) is 5.50. The highest BCUT2D eigenvalue weighted by molar-refractivity contribution is 7.84. The molecule has 1 saturated heterocycles. The van der Waals surface area contributed by atoms with Crippen molar-refractivity contribution in [2.75, 3.05) is 18.5 Å². The van der Waals surface area contributed by atoms with E-state index in [9.17, 15) is 9.00 Å². The number of nitrogens with one attached hydrogen (secondary N) is 1. The normalized spacial score (nSPS) is 16.0. The van der Waals surface area contributed by atoms with Crippen molar-refractivity contribution in [2.45, 2.75) is 36.7 Å². The summed E-state index contributed by atoms with van der Waals surface area (Å²) in [6, 6.07) is 15.7. The van der Waals surface area contributed by atoms with Crippen LogP contribution >= 0.6 is 11.3 Å². The van der Waals surface area contributed by atoms with Crippen LogP contribution in [0.1, 0.15) is 29.8 Å². The molecule has 2 heterocycles. The highest BCUT2D eigenvalue weighted by Gasteiger charge is 2.20. The van der Waals surface area contributed by atoms with Gasteiger partial charge >= 0.3 is 0 Å². The van der Waals surface area contributed by atoms with Crippen molar-refractivity contribution in [1.29, 1.82) is 0 Å². The van der Waals surface area contributed by atoms with Crippen LogP contribution in [0.3, 0.4) is 0 Å². The van der Waals surface area contributed by atoms with Crippen LogP contribution in [0.25, 0.3) is 10.2 Å². The van der Waals surface area contributed by atoms with E-state index in [1.54, 1.807) is 11.3 Å². The molecule has 29 heavy (non-hydrogen) atoms. The van der Waals surface area contributed by atoms with E-state index in [4.69, 9.17) is 4.74 Å². The molecule has 5 nitrogen and oxygen atoms in total. The van der Waals surface area contributed by atoms with Crippen LogP contribution in [0.5, 0.6) is 0 Å². The van der Waals surface area contributed by atoms with Gasteiger partial charge in [0.1, 0.15) is 0 Å². The smallest absolute Gasteiger partial charge is 0.224 e. The number of ether oxygens (including phenoxy) is 1. The lowest BCUT2D eigenvalue weighted by atomic mass is 10.2. The van der Waals surface area contributed by atoms with Crippen LogP contribution in [-0.4, -0.2) is 33.6 Å². The van der Waals surface area contributed by atoms with Crippen LogP contribution in [0.2, 0.25) is 0 Å². The summed E-state index contributed by atoms with van der Waals surface area (Å²) in [5.74, 6) is 0.479. The molecule has 0 radical (unpaired) electrons. The zero-order valence-corrected chi connectivity index (χ0v) is 17.8. The highest BCUT2D eigenvalue weighted by Crippen LogP contribution is 2.23. The second-order valence-corrected chi connectivity index (χ2v) is 9.99. The lowest BCUT2D eigenvalue weighted by Gasteiger charge is -2.21. The first kappa shape index (κ1) is 20.2. The molecule has 1 amide bonds. The maximum Gasteiger partial charge on any atom is 0.224 e. The Kier molecular flexibility index (Phi) is 6.69. The average molecular weight is 429 g/mol. The number of anilines is 1. The maximum atomic E-state index is 12.6. The number of nitrogens with zero attached hydrogens (tertiary/aromatic N) is 1. The van der Waals surface area contributed by atoms with Crippen LogP contribution < -0.4 is 5.32 Å². The number of para-hydroxylation sites is 1. The van der Waals surface area contributed by atoms with E-state index in [-0.39, 0.29) is 11.2 Å². The summed E-state index contributed by atoms with van der Waals surface area (Å²) in [4.78, 5) is 17.0. The molecule has 152 valence electrons. The van der Waals surface area contributed by atoms with E-state index in [1.165, 1.54) is 0 Å². The SMILES string of the molecule is O=C(CCc1nc2ccccc2s1)Nc1cccc(CS(=O)C2CCOCC2)c1. The molecule has 7 heteroatoms. The maximum absolute atomic E-state index is 12.6. The number of carbonyl (C=O) groups excluding carboxylic acids is 1. The molecule has 1 fully saturated rings. The standard InChI is InChI=1S/C22H24N2O3S2/c25-21(8-9-22-24-19-6-1-2-7-20(19)28-22)23-17-5-3-4-16(14-17)15-29(26)18-10-12-27-13-11-18/h1-7,14,18H,8-13,15H2,(H,23,25). The molecule has 4 rings (SSSR count). The van der Waals surface area contributed by atoms with Gasteiger partial charge in [0, 0.05) is 53.5 Å². The lowest BCUT2D eigenvalue weighted by molar-refractivity contribution is -0.116. The Labute approximate surface area is 177 Å². The van der Waals surface area contributed by atoms with Crippen molar-refractivity contribution in [1.82, 2.24) is 4.98 Å². The minimum Gasteiger partial charge on any atom is -0.381 e. The number of benzene rings is 2. The fourth-order valence-electron chi connectivity index (χ4n) is 3.43. The van der Waals surface area contributed by atoms with Gasteiger partial charge in [-0.25, -0.2) is 4.98 Å². The Morgan fingerprint density at radius 2 is 2.00 bits per heavy atom. The van der Waals surface area contributed by atoms with Crippen molar-refractivity contribution < 1.29 is 13.7 Å². The summed E-state index contributed by atoms with van der Waals surface area (Å²) in [7, 11) is -0.914. The van der Waals surface area contributed by atoms with Crippen molar-refractivity contribution >= 4 is 43.9 Å². The number of aryl methyl sites for hydroxylation is 1. The van der Waals surface area contributed by atoms with Gasteiger partial charge in [0.2, 0.25) is 5.91 Å². The van der Waals surface area contributed by atoms with Gasteiger partial charge in [-0.05, 0) is 42.7 Å². The minimum absolute atomic E-state index is 0.0352. The van der Waals surface area contributed by atoms with Gasteiger partial charge in [-0.1, -0.05) is 24.3 Å². The first-order chi connectivity index (χ1) is 14.2. The Balaban J connectivity index is 1.31. The van der Waals surface area contributed by atoms with Gasteiger partial charge < -0.3 is 10.1 Å². The van der Waals surface area contributed by atoms with Gasteiger partial charge in [-0.2, -0.15) is 0 Å². The summed E-state index contributed by atoms with van der Waals surface area (Å²) in [6.07, 6.45) is 2.72. The predicted octanol–water partition coefficient (Wildman–Crippen LogP) is 4.30. The number of hydrogen-bond acceptors (Lipinski definition) is 5. The Hall–Kier alpha value is -2.09. The molecular formula is C22H24N2O3S2. The first-order valence-electron chi connectivity index (χ1n) is 9.85. The van der Waals surface area contributed by atoms with Gasteiger partial charge in [0.15, 0.2) is 0 Å². The van der Waals surface area contributed by atoms with E-state index in [0.29, 0.717) is 31.8 Å². The summed E-state index contributed by atoms with van der Waals surface area (Å²) >= 11 is 1.63. The first-order valence-corrected chi connectivity index (χ1v) is 12.1. The van der Waals surface area contributed by atoms with Crippen LogP contribution in [0.15, 0.2) is 48.5 Å². The topological polar surface area (TPSA) is 68.3 Å². The third-order valence-electron chi connectivity index (χ3n) is 4.96. The monoisotopic (exact) mass is 428 g/mol. The number of aromatic nitrogens is 1. The number of thiazole rings is 1. The summed E-state index contributed by atoms with van der Waals surface area (Å²) in [5.41, 5.74) is 2.72. The van der Waals surface area contributed by atoms with E-state index < -0.39 is 10.8 Å². The quantitative estimate of drug-likeness (QED) is 0.609. The average Bonchev–Trinajstić information content (AvgIpc) is 3.16. The fraction of sp³-hybridized carbons (Fsp3) is 0.364. The van der Waals surface area contributed by atoms with E-state index in [2.05, 4.69) is 10.3 Å². The Bertz CT molecular complexity index is 979. The van der Waals surface area contributed by atoms with Gasteiger partial charge in [0.05, 0.1) is 15.2 Å². The molecule has 0 saturated carbocycles. The number of amides is 1. The largest absolute Gasteiger partial charge is 0.381 e. The zero-order chi connectivity index (χ0) is 20.1. The van der Waals surface area contributed by atoms with E-state index in [0.717, 1.165) is 39.3 Å². The van der Waals surface area contributed by atoms with E-state index >= 15 is 0 Å². The van der Waals surface area contributed by atoms with Crippen LogP contribution in [0, 0.1) is 0 Å². The molecular weight excluding hydrogens is 404 g/mol. The second-order valence-electron chi connectivity index (χ2n) is 7.16. The molecule has 0 aliphatic carbocycles. The molecule has 0 bridgehead atoms. The number of rotatable bonds is 7. The van der Waals surface area contributed by atoms with Crippen molar-refractivity contribution in [3.63, 3.8) is 0 Å². The molecule has 1 atom stereocenters. The fourth-order valence-corrected chi connectivity index (χ4v) is 5.86. The molecule has 1 N–H and O–H groups in total. The Morgan fingerprint density at radius 3 is 2.83 bits per heavy atom. The molecule has 1 aliphatic heterocycles. The molecule has 0 spiro atoms. The molecule has 1 aliphatic rings. The van der Waals surface area contributed by atoms with Crippen LogP contribution in [-0.2, 0) is 32.5 Å². The highest BCUT2D eigenvalue weighted by atomic mass is 32.2. The van der Waals surface area contributed by atoms with Gasteiger partial charge in [0.25, 0.3) is 0 Å². The van der Waals surface area contributed by atoms with Crippen molar-refractivity contribution in [2.24, 2.45) is 0 Å². The Morgan fingerprint density at radius 1 is 1.17 bits per heavy atom. The van der Waals surface area contributed by atoms with Crippen LogP contribution in [0.4, 0.5) is 5.69 Å². The molecule has 1 unspecified atom stereocenters. The van der Waals surface area contributed by atoms with Crippen molar-refractivity contribution in [3.8, 4) is 0 Å².